The summed E-state index contributed by atoms with van der Waals surface area (Å²) >= 11 is 0. The summed E-state index contributed by atoms with van der Waals surface area (Å²) in [6.45, 7) is 5.68. The Morgan fingerprint density at radius 1 is 1.47 bits per heavy atom. The molecule has 1 rings (SSSR count). The Bertz CT molecular complexity index is 349. The molecular weight excluding hydrogens is 231 g/mol. The Kier molecular flexibility index (Phi) is 6.37. The molecule has 2 unspecified atom stereocenters. The Hall–Kier alpha value is -0.390. The van der Waals surface area contributed by atoms with Gasteiger partial charge in [-0.3, -0.25) is 14.9 Å². The number of aliphatic imine (C=N–C) groups is 1. The molecule has 17 heavy (non-hydrogen) atoms. The van der Waals surface area contributed by atoms with Gasteiger partial charge in [-0.1, -0.05) is 27.2 Å². The predicted octanol–water partition coefficient (Wildman–Crippen LogP) is 0.853. The second-order valence-corrected chi connectivity index (χ2v) is 4.21. The Labute approximate surface area is 125 Å². The van der Waals surface area contributed by atoms with Crippen LogP contribution in [0.4, 0.5) is 0 Å². The second-order valence-electron chi connectivity index (χ2n) is 4.21. The minimum atomic E-state index is -1.11. The normalized spacial score (nSPS) is 25.7. The number of amidine groups is 1. The Balaban J connectivity index is 0. The number of nitrogens with zero attached hydrogens (tertiary/aromatic N) is 1. The van der Waals surface area contributed by atoms with E-state index in [0.29, 0.717) is 6.42 Å². The monoisotopic (exact) mass is 251 g/mol. The third-order valence-electron chi connectivity index (χ3n) is 3.34. The molecule has 0 saturated heterocycles. The van der Waals surface area contributed by atoms with Crippen LogP contribution in [0.1, 0.15) is 41.5 Å². The number of carbonyl (C=O) groups excluding carboxylic acids is 2. The Morgan fingerprint density at radius 2 is 2.06 bits per heavy atom. The zero-order chi connectivity index (χ0) is 12.3. The van der Waals surface area contributed by atoms with E-state index in [1.165, 1.54) is 0 Å². The van der Waals surface area contributed by atoms with Crippen molar-refractivity contribution in [1.29, 1.82) is 0 Å². The maximum absolute atomic E-state index is 11.9. The third kappa shape index (κ3) is 2.89. The van der Waals surface area contributed by atoms with Crippen molar-refractivity contribution in [3.05, 3.63) is 0 Å². The molecule has 0 aromatic carbocycles. The fourth-order valence-electron chi connectivity index (χ4n) is 2.31. The first-order valence-corrected chi connectivity index (χ1v) is 5.62. The van der Waals surface area contributed by atoms with E-state index in [4.69, 9.17) is 5.11 Å². The van der Waals surface area contributed by atoms with Gasteiger partial charge in [0.1, 0.15) is 5.41 Å². The number of rotatable bonds is 4. The van der Waals surface area contributed by atoms with E-state index < -0.39 is 23.3 Å². The molecule has 92 valence electrons. The van der Waals surface area contributed by atoms with Gasteiger partial charge >= 0.3 is 31.0 Å². The van der Waals surface area contributed by atoms with E-state index >= 15 is 0 Å². The van der Waals surface area contributed by atoms with Crippen molar-refractivity contribution in [1.82, 2.24) is 5.32 Å². The van der Waals surface area contributed by atoms with Gasteiger partial charge in [0.2, 0.25) is 5.91 Å². The van der Waals surface area contributed by atoms with Gasteiger partial charge in [0, 0.05) is 0 Å². The molecule has 6 heteroatoms. The molecule has 2 amide bonds. The molecule has 0 radical (unpaired) electrons. The molecule has 0 bridgehead atoms. The SMILES string of the molecule is CCCC(C)C1(CC)C(=O)N=C(O)NC1=O.[H+].[NaH]. The van der Waals surface area contributed by atoms with Gasteiger partial charge in [-0.15, -0.1) is 0 Å². The van der Waals surface area contributed by atoms with Crippen molar-refractivity contribution in [3.63, 3.8) is 0 Å². The van der Waals surface area contributed by atoms with E-state index in [2.05, 4.69) is 10.3 Å². The average molecular weight is 251 g/mol. The summed E-state index contributed by atoms with van der Waals surface area (Å²) in [5.74, 6) is -1.04. The molecule has 5 nitrogen and oxygen atoms in total. The van der Waals surface area contributed by atoms with Crippen molar-refractivity contribution in [2.24, 2.45) is 16.3 Å². The molecular formula is C11H20N2NaO3+. The molecule has 0 aliphatic carbocycles. The number of carbonyl (C=O) groups is 2. The summed E-state index contributed by atoms with van der Waals surface area (Å²) in [7, 11) is 0. The standard InChI is InChI=1S/C11H18N2O3.Na.H/c1-4-6-7(3)11(5-2)8(14)12-10(16)13-9(11)15;;/h7H,4-6H2,1-3H3,(H2,12,13,14,15,16);;/p+1. The summed E-state index contributed by atoms with van der Waals surface area (Å²) in [4.78, 5) is 27.2. The van der Waals surface area contributed by atoms with E-state index in [1.807, 2.05) is 13.8 Å². The summed E-state index contributed by atoms with van der Waals surface area (Å²) in [6, 6.07) is -0.595. The quantitative estimate of drug-likeness (QED) is 0.574. The topological polar surface area (TPSA) is 78.8 Å². The van der Waals surface area contributed by atoms with Crippen LogP contribution in [-0.2, 0) is 9.59 Å². The molecule has 1 heterocycles. The molecule has 2 N–H and O–H groups in total. The zero-order valence-corrected chi connectivity index (χ0v) is 9.91. The first kappa shape index (κ1) is 16.6. The second kappa shape index (κ2) is 6.52. The van der Waals surface area contributed by atoms with Crippen LogP contribution in [0.15, 0.2) is 4.99 Å². The van der Waals surface area contributed by atoms with E-state index in [1.54, 1.807) is 6.92 Å². The third-order valence-corrected chi connectivity index (χ3v) is 3.34. The molecule has 0 spiro atoms. The molecule has 0 saturated carbocycles. The van der Waals surface area contributed by atoms with Crippen LogP contribution in [0.3, 0.4) is 0 Å². The van der Waals surface area contributed by atoms with Crippen LogP contribution >= 0.6 is 0 Å². The summed E-state index contributed by atoms with van der Waals surface area (Å²) in [6.07, 6.45) is 2.08. The molecule has 0 fully saturated rings. The van der Waals surface area contributed by atoms with Gasteiger partial charge in [0.25, 0.3) is 11.9 Å². The fourth-order valence-corrected chi connectivity index (χ4v) is 2.31. The number of hydrogen-bond acceptors (Lipinski definition) is 2. The van der Waals surface area contributed by atoms with Gasteiger partial charge in [0.05, 0.1) is 0 Å². The fraction of sp³-hybridized carbons (Fsp3) is 0.727. The van der Waals surface area contributed by atoms with Gasteiger partial charge in [0.15, 0.2) is 0 Å². The number of hydrogen-bond donors (Lipinski definition) is 2. The van der Waals surface area contributed by atoms with Gasteiger partial charge in [-0.2, -0.15) is 4.99 Å². The van der Waals surface area contributed by atoms with Crippen LogP contribution in [0.5, 0.6) is 0 Å². The summed E-state index contributed by atoms with van der Waals surface area (Å²) in [5, 5.41) is 11.3. The number of amides is 2. The molecule has 0 aromatic rings. The minimum absolute atomic E-state index is 0. The van der Waals surface area contributed by atoms with Gasteiger partial charge in [-0.25, -0.2) is 0 Å². The van der Waals surface area contributed by atoms with Crippen molar-refractivity contribution in [2.75, 3.05) is 0 Å². The summed E-state index contributed by atoms with van der Waals surface area (Å²) in [5.41, 5.74) is -1.11. The molecule has 1 aliphatic heterocycles. The first-order valence-electron chi connectivity index (χ1n) is 5.62. The predicted molar refractivity (Wildman–Crippen MR) is 68.3 cm³/mol. The van der Waals surface area contributed by atoms with Gasteiger partial charge < -0.3 is 5.11 Å². The van der Waals surface area contributed by atoms with Crippen molar-refractivity contribution < 1.29 is 16.1 Å². The van der Waals surface area contributed by atoms with E-state index in [-0.39, 0.29) is 36.9 Å². The number of nitrogens with one attached hydrogen (secondary N) is 1. The summed E-state index contributed by atoms with van der Waals surface area (Å²) < 4.78 is 0. The number of aliphatic hydroxyl groups is 1. The van der Waals surface area contributed by atoms with E-state index in [9.17, 15) is 9.59 Å². The average Bonchev–Trinajstić information content (AvgIpc) is 2.18. The van der Waals surface area contributed by atoms with Crippen molar-refractivity contribution in [2.45, 2.75) is 40.0 Å². The zero-order valence-electron chi connectivity index (χ0n) is 10.9. The van der Waals surface area contributed by atoms with Crippen LogP contribution in [-0.4, -0.2) is 52.5 Å². The number of aliphatic hydroxyl groups excluding tert-OH is 1. The first-order chi connectivity index (χ1) is 7.48. The van der Waals surface area contributed by atoms with E-state index in [0.717, 1.165) is 12.8 Å². The van der Waals surface area contributed by atoms with Crippen LogP contribution in [0.25, 0.3) is 0 Å². The maximum atomic E-state index is 11.9. The molecule has 2 atom stereocenters. The molecule has 1 aliphatic rings. The van der Waals surface area contributed by atoms with Crippen molar-refractivity contribution in [3.8, 4) is 0 Å². The molecule has 0 aromatic heterocycles. The van der Waals surface area contributed by atoms with Crippen molar-refractivity contribution >= 4 is 47.4 Å². The van der Waals surface area contributed by atoms with Crippen LogP contribution in [0, 0.1) is 11.3 Å². The Morgan fingerprint density at radius 3 is 2.47 bits per heavy atom. The van der Waals surface area contributed by atoms with Gasteiger partial charge in [-0.05, 0) is 18.8 Å². The van der Waals surface area contributed by atoms with Crippen LogP contribution in [0.2, 0.25) is 0 Å². The van der Waals surface area contributed by atoms with Crippen LogP contribution < -0.4 is 5.32 Å².